The summed E-state index contributed by atoms with van der Waals surface area (Å²) >= 11 is 0. The Bertz CT molecular complexity index is 431. The number of piperidine rings is 1. The Kier molecular flexibility index (Phi) is 3.06. The molecule has 3 nitrogen and oxygen atoms in total. The average Bonchev–Trinajstić information content (AvgIpc) is 2.38. The first-order valence-corrected chi connectivity index (χ1v) is 7.06. The fourth-order valence-corrected chi connectivity index (χ4v) is 3.04. The van der Waals surface area contributed by atoms with Crippen molar-refractivity contribution in [3.8, 4) is 5.75 Å². The van der Waals surface area contributed by atoms with Crippen LogP contribution in [-0.4, -0.2) is 25.2 Å². The van der Waals surface area contributed by atoms with E-state index in [1.54, 1.807) is 0 Å². The maximum absolute atomic E-state index is 5.90. The molecule has 2 heterocycles. The molecule has 1 fully saturated rings. The second-order valence-electron chi connectivity index (χ2n) is 5.54. The van der Waals surface area contributed by atoms with Crippen LogP contribution in [0.15, 0.2) is 18.2 Å². The smallest absolute Gasteiger partial charge is 0.144 e. The fourth-order valence-electron chi connectivity index (χ4n) is 3.04. The number of fused-ring (bicyclic) bond motifs is 3. The van der Waals surface area contributed by atoms with Gasteiger partial charge in [0.25, 0.3) is 0 Å². The molecule has 3 heteroatoms. The minimum absolute atomic E-state index is 0.220. The first kappa shape index (κ1) is 11.7. The Balaban J connectivity index is 1.94. The van der Waals surface area contributed by atoms with Crippen LogP contribution in [0.4, 0.5) is 11.4 Å². The van der Waals surface area contributed by atoms with Crippen LogP contribution in [0.2, 0.25) is 0 Å². The summed E-state index contributed by atoms with van der Waals surface area (Å²) in [6.07, 6.45) is 4.20. The van der Waals surface area contributed by atoms with E-state index in [1.807, 2.05) is 0 Å². The average molecular weight is 246 g/mol. The molecular weight excluding hydrogens is 224 g/mol. The van der Waals surface area contributed by atoms with Gasteiger partial charge in [-0.25, -0.2) is 0 Å². The van der Waals surface area contributed by atoms with Crippen LogP contribution in [0.1, 0.15) is 33.1 Å². The molecule has 0 spiro atoms. The van der Waals surface area contributed by atoms with E-state index in [4.69, 9.17) is 4.74 Å². The van der Waals surface area contributed by atoms with Crippen molar-refractivity contribution in [3.05, 3.63) is 18.2 Å². The Morgan fingerprint density at radius 1 is 1.33 bits per heavy atom. The summed E-state index contributed by atoms with van der Waals surface area (Å²) in [5.74, 6) is 0.992. The van der Waals surface area contributed by atoms with Gasteiger partial charge in [0.05, 0.1) is 11.8 Å². The Hall–Kier alpha value is -1.38. The summed E-state index contributed by atoms with van der Waals surface area (Å²) in [7, 11) is 0. The third-order valence-electron chi connectivity index (χ3n) is 3.82. The maximum Gasteiger partial charge on any atom is 0.144 e. The number of hydrogen-bond donors (Lipinski definition) is 1. The predicted molar refractivity (Wildman–Crippen MR) is 75.7 cm³/mol. The summed E-state index contributed by atoms with van der Waals surface area (Å²) in [5.41, 5.74) is 2.51. The molecule has 0 aromatic heterocycles. The lowest BCUT2D eigenvalue weighted by Crippen LogP contribution is -2.47. The third kappa shape index (κ3) is 2.02. The molecular formula is C15H22N2O. The number of para-hydroxylation sites is 1. The first-order chi connectivity index (χ1) is 8.75. The van der Waals surface area contributed by atoms with Gasteiger partial charge in [-0.2, -0.15) is 0 Å². The number of rotatable bonds is 2. The SMILES string of the molecule is CC(C)Oc1cccc2c1NCC1CCCCN21. The van der Waals surface area contributed by atoms with Gasteiger partial charge in [-0.3, -0.25) is 0 Å². The molecule has 1 atom stereocenters. The Morgan fingerprint density at radius 3 is 3.06 bits per heavy atom. The standard InChI is InChI=1S/C15H22N2O/c1-11(2)18-14-8-5-7-13-15(14)16-10-12-6-3-4-9-17(12)13/h5,7-8,11-12,16H,3-4,6,9-10H2,1-2H3. The van der Waals surface area contributed by atoms with E-state index in [0.29, 0.717) is 6.04 Å². The minimum Gasteiger partial charge on any atom is -0.489 e. The predicted octanol–water partition coefficient (Wildman–Crippen LogP) is 3.26. The van der Waals surface area contributed by atoms with Crippen LogP contribution in [-0.2, 0) is 0 Å². The molecule has 2 aliphatic rings. The molecule has 3 rings (SSSR count). The van der Waals surface area contributed by atoms with Gasteiger partial charge in [0.2, 0.25) is 0 Å². The number of nitrogens with one attached hydrogen (secondary N) is 1. The quantitative estimate of drug-likeness (QED) is 0.867. The lowest BCUT2D eigenvalue weighted by molar-refractivity contribution is 0.243. The van der Waals surface area contributed by atoms with Crippen molar-refractivity contribution in [2.75, 3.05) is 23.3 Å². The number of nitrogens with zero attached hydrogens (tertiary/aromatic N) is 1. The van der Waals surface area contributed by atoms with Crippen molar-refractivity contribution < 1.29 is 4.74 Å². The summed E-state index contributed by atoms with van der Waals surface area (Å²) in [4.78, 5) is 2.56. The van der Waals surface area contributed by atoms with Crippen molar-refractivity contribution in [1.82, 2.24) is 0 Å². The summed E-state index contributed by atoms with van der Waals surface area (Å²) in [6, 6.07) is 7.05. The second kappa shape index (κ2) is 4.71. The topological polar surface area (TPSA) is 24.5 Å². The van der Waals surface area contributed by atoms with Gasteiger partial charge in [-0.1, -0.05) is 6.07 Å². The fraction of sp³-hybridized carbons (Fsp3) is 0.600. The molecule has 1 saturated heterocycles. The van der Waals surface area contributed by atoms with Gasteiger partial charge < -0.3 is 15.0 Å². The first-order valence-electron chi connectivity index (χ1n) is 7.06. The highest BCUT2D eigenvalue weighted by atomic mass is 16.5. The molecule has 98 valence electrons. The van der Waals surface area contributed by atoms with Gasteiger partial charge in [0, 0.05) is 19.1 Å². The summed E-state index contributed by atoms with van der Waals surface area (Å²) in [5, 5.41) is 3.57. The Labute approximate surface area is 109 Å². The van der Waals surface area contributed by atoms with E-state index in [-0.39, 0.29) is 6.10 Å². The van der Waals surface area contributed by atoms with Crippen LogP contribution in [0, 0.1) is 0 Å². The van der Waals surface area contributed by atoms with Crippen molar-refractivity contribution in [2.24, 2.45) is 0 Å². The number of benzene rings is 1. The zero-order valence-electron chi connectivity index (χ0n) is 11.3. The van der Waals surface area contributed by atoms with E-state index in [0.717, 1.165) is 12.3 Å². The molecule has 0 radical (unpaired) electrons. The van der Waals surface area contributed by atoms with Crippen molar-refractivity contribution in [1.29, 1.82) is 0 Å². The van der Waals surface area contributed by atoms with Crippen molar-refractivity contribution in [2.45, 2.75) is 45.3 Å². The van der Waals surface area contributed by atoms with Gasteiger partial charge in [0.15, 0.2) is 0 Å². The highest BCUT2D eigenvalue weighted by molar-refractivity contribution is 5.79. The lowest BCUT2D eigenvalue weighted by Gasteiger charge is -2.43. The molecule has 1 unspecified atom stereocenters. The molecule has 0 amide bonds. The van der Waals surface area contributed by atoms with Crippen LogP contribution in [0.3, 0.4) is 0 Å². The van der Waals surface area contributed by atoms with Crippen LogP contribution < -0.4 is 15.0 Å². The highest BCUT2D eigenvalue weighted by Crippen LogP contribution is 2.41. The minimum atomic E-state index is 0.220. The van der Waals surface area contributed by atoms with E-state index >= 15 is 0 Å². The van der Waals surface area contributed by atoms with E-state index in [2.05, 4.69) is 42.3 Å². The van der Waals surface area contributed by atoms with Gasteiger partial charge >= 0.3 is 0 Å². The number of hydrogen-bond acceptors (Lipinski definition) is 3. The number of ether oxygens (including phenoxy) is 1. The van der Waals surface area contributed by atoms with E-state index in [1.165, 1.54) is 37.2 Å². The maximum atomic E-state index is 5.90. The number of anilines is 2. The van der Waals surface area contributed by atoms with E-state index < -0.39 is 0 Å². The molecule has 0 aliphatic carbocycles. The molecule has 0 bridgehead atoms. The van der Waals surface area contributed by atoms with Crippen LogP contribution >= 0.6 is 0 Å². The summed E-state index contributed by atoms with van der Waals surface area (Å²) < 4.78 is 5.90. The monoisotopic (exact) mass is 246 g/mol. The second-order valence-corrected chi connectivity index (χ2v) is 5.54. The zero-order valence-corrected chi connectivity index (χ0v) is 11.3. The van der Waals surface area contributed by atoms with Gasteiger partial charge in [-0.15, -0.1) is 0 Å². The van der Waals surface area contributed by atoms with Crippen molar-refractivity contribution >= 4 is 11.4 Å². The molecule has 1 aromatic rings. The largest absolute Gasteiger partial charge is 0.489 e. The molecule has 1 aromatic carbocycles. The normalized spacial score (nSPS) is 22.2. The molecule has 1 N–H and O–H groups in total. The van der Waals surface area contributed by atoms with Gasteiger partial charge in [-0.05, 0) is 45.2 Å². The van der Waals surface area contributed by atoms with Crippen molar-refractivity contribution in [3.63, 3.8) is 0 Å². The zero-order chi connectivity index (χ0) is 12.5. The molecule has 18 heavy (non-hydrogen) atoms. The highest BCUT2D eigenvalue weighted by Gasteiger charge is 2.29. The molecule has 2 aliphatic heterocycles. The van der Waals surface area contributed by atoms with Crippen LogP contribution in [0.5, 0.6) is 5.75 Å². The van der Waals surface area contributed by atoms with E-state index in [9.17, 15) is 0 Å². The van der Waals surface area contributed by atoms with Crippen LogP contribution in [0.25, 0.3) is 0 Å². The Morgan fingerprint density at radius 2 is 2.22 bits per heavy atom. The van der Waals surface area contributed by atoms with Gasteiger partial charge in [0.1, 0.15) is 11.4 Å². The summed E-state index contributed by atoms with van der Waals surface area (Å²) in [6.45, 7) is 6.38. The molecule has 0 saturated carbocycles. The third-order valence-corrected chi connectivity index (χ3v) is 3.82. The lowest BCUT2D eigenvalue weighted by atomic mass is 9.98.